The summed E-state index contributed by atoms with van der Waals surface area (Å²) in [5, 5.41) is 8.96. The van der Waals surface area contributed by atoms with E-state index in [0.717, 1.165) is 37.1 Å². The maximum absolute atomic E-state index is 10.9. The van der Waals surface area contributed by atoms with Crippen molar-refractivity contribution in [3.05, 3.63) is 44.1 Å². The summed E-state index contributed by atoms with van der Waals surface area (Å²) < 4.78 is 15.2. The Morgan fingerprint density at radius 2 is 1.52 bits per heavy atom. The van der Waals surface area contributed by atoms with Crippen molar-refractivity contribution in [2.45, 2.75) is 12.5 Å². The molecule has 0 fully saturated rings. The number of ether oxygens (including phenoxy) is 2. The zero-order valence-corrected chi connectivity index (χ0v) is 21.5. The first-order chi connectivity index (χ1) is 11.7. The maximum Gasteiger partial charge on any atom is 0.320 e. The van der Waals surface area contributed by atoms with Crippen LogP contribution in [-0.2, 0) is 11.2 Å². The lowest BCUT2D eigenvalue weighted by atomic mass is 10.1. The molecule has 25 heavy (non-hydrogen) atoms. The topological polar surface area (TPSA) is 81.8 Å². The Bertz CT molecular complexity index is 767. The Labute approximate surface area is 200 Å². The van der Waals surface area contributed by atoms with Crippen molar-refractivity contribution < 1.29 is 19.4 Å². The second kappa shape index (κ2) is 9.54. The molecule has 5 nitrogen and oxygen atoms in total. The number of nitrogens with two attached hydrogens (primary N) is 1. The second-order valence-corrected chi connectivity index (χ2v) is 9.71. The van der Waals surface area contributed by atoms with Gasteiger partial charge in [0.05, 0.1) is 21.4 Å². The highest BCUT2D eigenvalue weighted by atomic mass is 127. The number of hydrogen-bond acceptors (Lipinski definition) is 4. The predicted molar refractivity (Wildman–Crippen MR) is 130 cm³/mol. The van der Waals surface area contributed by atoms with Crippen LogP contribution in [0, 0.1) is 14.3 Å². The molecule has 134 valence electrons. The van der Waals surface area contributed by atoms with Gasteiger partial charge in [-0.15, -0.1) is 0 Å². The van der Waals surface area contributed by atoms with E-state index in [4.69, 9.17) is 20.3 Å². The van der Waals surface area contributed by atoms with Gasteiger partial charge in [0.2, 0.25) is 0 Å². The van der Waals surface area contributed by atoms with Gasteiger partial charge in [0.15, 0.2) is 5.75 Å². The van der Waals surface area contributed by atoms with Crippen molar-refractivity contribution in [3.63, 3.8) is 0 Å². The minimum absolute atomic E-state index is 0.278. The molecule has 9 heteroatoms. The van der Waals surface area contributed by atoms with Gasteiger partial charge < -0.3 is 20.3 Å². The number of rotatable bonds is 6. The fourth-order valence-electron chi connectivity index (χ4n) is 2.08. The van der Waals surface area contributed by atoms with E-state index in [1.165, 1.54) is 0 Å². The van der Waals surface area contributed by atoms with Crippen molar-refractivity contribution in [1.29, 1.82) is 0 Å². The minimum Gasteiger partial charge on any atom is -0.495 e. The molecule has 0 heterocycles. The lowest BCUT2D eigenvalue weighted by Gasteiger charge is -2.15. The Balaban J connectivity index is 2.30. The average Bonchev–Trinajstić information content (AvgIpc) is 2.50. The molecule has 0 spiro atoms. The predicted octanol–water partition coefficient (Wildman–Crippen LogP) is 4.86. The first-order valence-electron chi connectivity index (χ1n) is 6.90. The molecule has 0 saturated heterocycles. The largest absolute Gasteiger partial charge is 0.495 e. The zero-order valence-electron chi connectivity index (χ0n) is 12.9. The van der Waals surface area contributed by atoms with Gasteiger partial charge in [-0.25, -0.2) is 0 Å². The number of halogens is 4. The second-order valence-electron chi connectivity index (χ2n) is 5.06. The number of methoxy groups -OCH3 is 1. The summed E-state index contributed by atoms with van der Waals surface area (Å²) in [7, 11) is 1.65. The minimum atomic E-state index is -1.01. The van der Waals surface area contributed by atoms with Gasteiger partial charge in [-0.05, 0) is 127 Å². The van der Waals surface area contributed by atoms with Gasteiger partial charge in [-0.2, -0.15) is 0 Å². The molecule has 0 aliphatic carbocycles. The van der Waals surface area contributed by atoms with Gasteiger partial charge in [0, 0.05) is 0 Å². The lowest BCUT2D eigenvalue weighted by molar-refractivity contribution is -0.138. The normalized spacial score (nSPS) is 11.9. The van der Waals surface area contributed by atoms with Crippen LogP contribution in [0.3, 0.4) is 0 Å². The first-order valence-corrected chi connectivity index (χ1v) is 11.2. The van der Waals surface area contributed by atoms with Crippen molar-refractivity contribution >= 4 is 96.3 Å². The van der Waals surface area contributed by atoms with Gasteiger partial charge >= 0.3 is 5.97 Å². The third-order valence-electron chi connectivity index (χ3n) is 3.23. The molecule has 0 radical (unpaired) electrons. The standard InChI is InChI=1S/C16H13I4NO4/c1-24-14-11(19)5-8(6-12(14)20)25-15-9(17)2-7(3-10(15)18)4-13(21)16(22)23/h2-3,5-6,13H,4,21H2,1H3,(H,22,23). The van der Waals surface area contributed by atoms with E-state index < -0.39 is 12.0 Å². The molecule has 3 N–H and O–H groups in total. The van der Waals surface area contributed by atoms with Crippen LogP contribution in [0.15, 0.2) is 24.3 Å². The van der Waals surface area contributed by atoms with Crippen LogP contribution in [0.1, 0.15) is 5.56 Å². The molecule has 1 atom stereocenters. The van der Waals surface area contributed by atoms with E-state index in [1.54, 1.807) is 7.11 Å². The molecule has 2 aromatic carbocycles. The third kappa shape index (κ3) is 5.68. The van der Waals surface area contributed by atoms with Crippen molar-refractivity contribution in [1.82, 2.24) is 0 Å². The summed E-state index contributed by atoms with van der Waals surface area (Å²) >= 11 is 8.80. The quantitative estimate of drug-likeness (QED) is 0.409. The Morgan fingerprint density at radius 3 is 1.96 bits per heavy atom. The monoisotopic (exact) mass is 791 g/mol. The molecular formula is C16H13I4NO4. The zero-order chi connectivity index (χ0) is 18.7. The van der Waals surface area contributed by atoms with Gasteiger partial charge in [0.1, 0.15) is 17.5 Å². The Morgan fingerprint density at radius 1 is 1.04 bits per heavy atom. The van der Waals surface area contributed by atoms with Crippen LogP contribution in [0.2, 0.25) is 0 Å². The highest BCUT2D eigenvalue weighted by Gasteiger charge is 2.17. The summed E-state index contributed by atoms with van der Waals surface area (Å²) in [6.45, 7) is 0. The number of benzene rings is 2. The summed E-state index contributed by atoms with van der Waals surface area (Å²) in [6, 6.07) is 6.73. The van der Waals surface area contributed by atoms with Crippen molar-refractivity contribution in [3.8, 4) is 17.2 Å². The van der Waals surface area contributed by atoms with E-state index in [2.05, 4.69) is 90.4 Å². The van der Waals surface area contributed by atoms with E-state index in [-0.39, 0.29) is 6.42 Å². The number of hydrogen-bond donors (Lipinski definition) is 2. The van der Waals surface area contributed by atoms with Gasteiger partial charge in [-0.1, -0.05) is 0 Å². The van der Waals surface area contributed by atoms with Crippen LogP contribution in [0.5, 0.6) is 17.2 Å². The van der Waals surface area contributed by atoms with Crippen molar-refractivity contribution in [2.75, 3.05) is 7.11 Å². The number of aliphatic carboxylic acids is 1. The van der Waals surface area contributed by atoms with Crippen LogP contribution in [-0.4, -0.2) is 24.2 Å². The Hall–Kier alpha value is 0.390. The molecule has 1 unspecified atom stereocenters. The summed E-state index contributed by atoms with van der Waals surface area (Å²) in [5.74, 6) is 1.29. The molecule has 2 rings (SSSR count). The van der Waals surface area contributed by atoms with Crippen LogP contribution < -0.4 is 15.2 Å². The molecular weight excluding hydrogens is 778 g/mol. The van der Waals surface area contributed by atoms with E-state index in [9.17, 15) is 4.79 Å². The molecule has 0 saturated carbocycles. The molecule has 0 aliphatic heterocycles. The molecule has 0 aromatic heterocycles. The fraction of sp³-hybridized carbons (Fsp3) is 0.188. The average molecular weight is 791 g/mol. The van der Waals surface area contributed by atoms with E-state index >= 15 is 0 Å². The third-order valence-corrected chi connectivity index (χ3v) is 6.43. The van der Waals surface area contributed by atoms with Crippen molar-refractivity contribution in [2.24, 2.45) is 5.73 Å². The summed E-state index contributed by atoms with van der Waals surface area (Å²) in [6.07, 6.45) is 0.278. The maximum atomic E-state index is 10.9. The molecule has 0 amide bonds. The van der Waals surface area contributed by atoms with Crippen LogP contribution >= 0.6 is 90.4 Å². The van der Waals surface area contributed by atoms with Gasteiger partial charge in [0.25, 0.3) is 0 Å². The number of carboxylic acids is 1. The van der Waals surface area contributed by atoms with E-state index in [1.807, 2.05) is 24.3 Å². The summed E-state index contributed by atoms with van der Waals surface area (Å²) in [4.78, 5) is 10.9. The van der Waals surface area contributed by atoms with Gasteiger partial charge in [-0.3, -0.25) is 4.79 Å². The van der Waals surface area contributed by atoms with Crippen LogP contribution in [0.4, 0.5) is 0 Å². The molecule has 0 aliphatic rings. The smallest absolute Gasteiger partial charge is 0.320 e. The number of carboxylic acid groups (broad SMARTS) is 1. The molecule has 0 bridgehead atoms. The SMILES string of the molecule is COc1c(I)cc(Oc2c(I)cc(CC(N)C(=O)O)cc2I)cc1I. The highest BCUT2D eigenvalue weighted by molar-refractivity contribution is 14.1. The summed E-state index contributed by atoms with van der Waals surface area (Å²) in [5.41, 5.74) is 6.49. The fourth-order valence-corrected chi connectivity index (χ4v) is 6.35. The number of carbonyl (C=O) groups is 1. The van der Waals surface area contributed by atoms with E-state index in [0.29, 0.717) is 0 Å². The lowest BCUT2D eigenvalue weighted by Crippen LogP contribution is -2.32. The highest BCUT2D eigenvalue weighted by Crippen LogP contribution is 2.37. The van der Waals surface area contributed by atoms with Crippen LogP contribution in [0.25, 0.3) is 0 Å². The Kier molecular flexibility index (Phi) is 8.28. The first kappa shape index (κ1) is 21.7. The molecule has 2 aromatic rings.